The van der Waals surface area contributed by atoms with E-state index in [1.165, 1.54) is 0 Å². The molecule has 0 saturated carbocycles. The van der Waals surface area contributed by atoms with Crippen LogP contribution in [0.25, 0.3) is 0 Å². The van der Waals surface area contributed by atoms with E-state index in [1.807, 2.05) is 18.2 Å². The van der Waals surface area contributed by atoms with Gasteiger partial charge in [-0.2, -0.15) is 0 Å². The van der Waals surface area contributed by atoms with Crippen molar-refractivity contribution in [2.24, 2.45) is 11.1 Å². The maximum Gasteiger partial charge on any atom is 0.122 e. The van der Waals surface area contributed by atoms with Crippen molar-refractivity contribution in [2.45, 2.75) is 40.7 Å². The maximum atomic E-state index is 10.2. The molecule has 0 amide bonds. The summed E-state index contributed by atoms with van der Waals surface area (Å²) in [6.07, 6.45) is 0. The standard InChI is InChI=1S/C15H26N2O/c1-6-17(7-2)11-8-9-12(13(18)10-11)14(16)15(3,4)5/h8-10,14,18H,6-7,16H2,1-5H3/t14-/m0/s1. The van der Waals surface area contributed by atoms with E-state index in [2.05, 4.69) is 39.5 Å². The summed E-state index contributed by atoms with van der Waals surface area (Å²) in [5.74, 6) is 0.293. The summed E-state index contributed by atoms with van der Waals surface area (Å²) in [6.45, 7) is 12.3. The van der Waals surface area contributed by atoms with E-state index in [1.54, 1.807) is 0 Å². The van der Waals surface area contributed by atoms with Crippen molar-refractivity contribution >= 4 is 5.69 Å². The molecule has 0 aliphatic carbocycles. The van der Waals surface area contributed by atoms with Crippen LogP contribution in [0.1, 0.15) is 46.2 Å². The Bertz CT molecular complexity index is 392. The normalized spacial score (nSPS) is 13.4. The van der Waals surface area contributed by atoms with E-state index in [0.29, 0.717) is 5.75 Å². The summed E-state index contributed by atoms with van der Waals surface area (Å²) in [5, 5.41) is 10.2. The molecule has 0 heterocycles. The van der Waals surface area contributed by atoms with Gasteiger partial charge in [0.2, 0.25) is 0 Å². The molecule has 18 heavy (non-hydrogen) atoms. The summed E-state index contributed by atoms with van der Waals surface area (Å²) < 4.78 is 0. The van der Waals surface area contributed by atoms with E-state index >= 15 is 0 Å². The van der Waals surface area contributed by atoms with Gasteiger partial charge in [-0.3, -0.25) is 0 Å². The fourth-order valence-electron chi connectivity index (χ4n) is 2.05. The van der Waals surface area contributed by atoms with Crippen molar-refractivity contribution in [1.29, 1.82) is 0 Å². The molecule has 0 unspecified atom stereocenters. The van der Waals surface area contributed by atoms with Gasteiger partial charge in [0.1, 0.15) is 5.75 Å². The van der Waals surface area contributed by atoms with Crippen molar-refractivity contribution in [3.05, 3.63) is 23.8 Å². The van der Waals surface area contributed by atoms with Gasteiger partial charge in [-0.1, -0.05) is 26.8 Å². The summed E-state index contributed by atoms with van der Waals surface area (Å²) >= 11 is 0. The predicted molar refractivity (Wildman–Crippen MR) is 78.1 cm³/mol. The van der Waals surface area contributed by atoms with Gasteiger partial charge in [-0.25, -0.2) is 0 Å². The van der Waals surface area contributed by atoms with Crippen LogP contribution in [0.3, 0.4) is 0 Å². The van der Waals surface area contributed by atoms with E-state index in [9.17, 15) is 5.11 Å². The van der Waals surface area contributed by atoms with Gasteiger partial charge in [0.15, 0.2) is 0 Å². The Morgan fingerprint density at radius 3 is 2.17 bits per heavy atom. The molecule has 1 aromatic carbocycles. The van der Waals surface area contributed by atoms with Crippen LogP contribution in [0.5, 0.6) is 5.75 Å². The van der Waals surface area contributed by atoms with Crippen molar-refractivity contribution in [2.75, 3.05) is 18.0 Å². The highest BCUT2D eigenvalue weighted by Crippen LogP contribution is 2.36. The molecule has 1 aromatic rings. The van der Waals surface area contributed by atoms with E-state index < -0.39 is 0 Å². The second-order valence-corrected chi connectivity index (χ2v) is 5.76. The lowest BCUT2D eigenvalue weighted by atomic mass is 9.82. The summed E-state index contributed by atoms with van der Waals surface area (Å²) in [7, 11) is 0. The number of phenols is 1. The highest BCUT2D eigenvalue weighted by atomic mass is 16.3. The zero-order chi connectivity index (χ0) is 13.9. The zero-order valence-corrected chi connectivity index (χ0v) is 12.2. The molecule has 3 nitrogen and oxygen atoms in total. The molecule has 1 atom stereocenters. The molecule has 0 aromatic heterocycles. The number of phenolic OH excluding ortho intramolecular Hbond substituents is 1. The van der Waals surface area contributed by atoms with Crippen LogP contribution in [-0.2, 0) is 0 Å². The van der Waals surface area contributed by atoms with Crippen molar-refractivity contribution in [1.82, 2.24) is 0 Å². The largest absolute Gasteiger partial charge is 0.508 e. The number of rotatable bonds is 4. The average molecular weight is 250 g/mol. The molecule has 0 bridgehead atoms. The van der Waals surface area contributed by atoms with Crippen LogP contribution < -0.4 is 10.6 Å². The molecule has 3 N–H and O–H groups in total. The summed E-state index contributed by atoms with van der Waals surface area (Å²) in [6, 6.07) is 5.63. The molecule has 0 aliphatic heterocycles. The molecular formula is C15H26N2O. The molecule has 0 spiro atoms. The highest BCUT2D eigenvalue weighted by molar-refractivity contribution is 5.54. The average Bonchev–Trinajstić information content (AvgIpc) is 2.29. The van der Waals surface area contributed by atoms with E-state index in [4.69, 9.17) is 5.73 Å². The molecule has 0 saturated heterocycles. The number of hydrogen-bond donors (Lipinski definition) is 2. The molecular weight excluding hydrogens is 224 g/mol. The van der Waals surface area contributed by atoms with Crippen LogP contribution >= 0.6 is 0 Å². The van der Waals surface area contributed by atoms with Crippen LogP contribution in [0.2, 0.25) is 0 Å². The first kappa shape index (κ1) is 14.8. The van der Waals surface area contributed by atoms with E-state index in [-0.39, 0.29) is 11.5 Å². The first-order valence-electron chi connectivity index (χ1n) is 6.64. The quantitative estimate of drug-likeness (QED) is 0.862. The van der Waals surface area contributed by atoms with Crippen LogP contribution in [-0.4, -0.2) is 18.2 Å². The Balaban J connectivity index is 3.07. The Kier molecular flexibility index (Phi) is 4.63. The van der Waals surface area contributed by atoms with Crippen LogP contribution in [0.15, 0.2) is 18.2 Å². The topological polar surface area (TPSA) is 49.5 Å². The third-order valence-electron chi connectivity index (χ3n) is 3.41. The summed E-state index contributed by atoms with van der Waals surface area (Å²) in [5.41, 5.74) is 7.99. The van der Waals surface area contributed by atoms with Gasteiger partial charge in [-0.15, -0.1) is 0 Å². The van der Waals surface area contributed by atoms with Gasteiger partial charge in [-0.05, 0) is 25.3 Å². The van der Waals surface area contributed by atoms with Crippen molar-refractivity contribution in [3.8, 4) is 5.75 Å². The van der Waals surface area contributed by atoms with Gasteiger partial charge in [0.25, 0.3) is 0 Å². The predicted octanol–water partition coefficient (Wildman–Crippen LogP) is 3.28. The molecule has 102 valence electrons. The van der Waals surface area contributed by atoms with Crippen LogP contribution in [0, 0.1) is 5.41 Å². The van der Waals surface area contributed by atoms with Gasteiger partial charge in [0.05, 0.1) is 0 Å². The lowest BCUT2D eigenvalue weighted by Gasteiger charge is -2.29. The molecule has 1 rings (SSSR count). The van der Waals surface area contributed by atoms with Crippen LogP contribution in [0.4, 0.5) is 5.69 Å². The minimum atomic E-state index is -0.164. The lowest BCUT2D eigenvalue weighted by molar-refractivity contribution is 0.318. The fourth-order valence-corrected chi connectivity index (χ4v) is 2.05. The number of hydrogen-bond acceptors (Lipinski definition) is 3. The second-order valence-electron chi connectivity index (χ2n) is 5.76. The smallest absolute Gasteiger partial charge is 0.122 e. The second kappa shape index (κ2) is 5.61. The van der Waals surface area contributed by atoms with Crippen molar-refractivity contribution < 1.29 is 5.11 Å². The third kappa shape index (κ3) is 3.16. The SMILES string of the molecule is CCN(CC)c1ccc([C@H](N)C(C)(C)C)c(O)c1. The zero-order valence-electron chi connectivity index (χ0n) is 12.2. The number of nitrogens with zero attached hydrogens (tertiary/aromatic N) is 1. The monoisotopic (exact) mass is 250 g/mol. The fraction of sp³-hybridized carbons (Fsp3) is 0.600. The number of benzene rings is 1. The van der Waals surface area contributed by atoms with Gasteiger partial charge >= 0.3 is 0 Å². The molecule has 0 fully saturated rings. The first-order chi connectivity index (χ1) is 8.31. The Morgan fingerprint density at radius 2 is 1.78 bits per heavy atom. The minimum absolute atomic E-state index is 0.0613. The van der Waals surface area contributed by atoms with Gasteiger partial charge in [0, 0.05) is 36.4 Å². The summed E-state index contributed by atoms with van der Waals surface area (Å²) in [4.78, 5) is 2.20. The number of nitrogens with two attached hydrogens (primary N) is 1. The maximum absolute atomic E-state index is 10.2. The third-order valence-corrected chi connectivity index (χ3v) is 3.41. The van der Waals surface area contributed by atoms with Gasteiger partial charge < -0.3 is 15.7 Å². The first-order valence-corrected chi connectivity index (χ1v) is 6.64. The Labute approximate surface area is 111 Å². The lowest BCUT2D eigenvalue weighted by Crippen LogP contribution is -2.26. The number of aromatic hydroxyl groups is 1. The minimum Gasteiger partial charge on any atom is -0.508 e. The van der Waals surface area contributed by atoms with E-state index in [0.717, 1.165) is 24.3 Å². The highest BCUT2D eigenvalue weighted by Gasteiger charge is 2.24. The Hall–Kier alpha value is -1.22. The van der Waals surface area contributed by atoms with Crippen molar-refractivity contribution in [3.63, 3.8) is 0 Å². The Morgan fingerprint density at radius 1 is 1.22 bits per heavy atom. The number of anilines is 1. The molecule has 0 aliphatic rings. The molecule has 3 heteroatoms. The molecule has 0 radical (unpaired) electrons.